The predicted octanol–water partition coefficient (Wildman–Crippen LogP) is 1.71. The van der Waals surface area contributed by atoms with Gasteiger partial charge in [-0.3, -0.25) is 10.1 Å². The summed E-state index contributed by atoms with van der Waals surface area (Å²) in [5, 5.41) is 17.4. The zero-order valence-electron chi connectivity index (χ0n) is 9.79. The molecule has 2 rings (SSSR count). The molecule has 10 heteroatoms. The molecule has 0 fully saturated rings. The van der Waals surface area contributed by atoms with Crippen LogP contribution in [0.4, 0.5) is 14.5 Å². The van der Waals surface area contributed by atoms with Gasteiger partial charge in [0.2, 0.25) is 0 Å². The van der Waals surface area contributed by atoms with E-state index in [0.29, 0.717) is 12.1 Å². The molecule has 1 aromatic carbocycles. The van der Waals surface area contributed by atoms with Gasteiger partial charge < -0.3 is 9.15 Å². The largest absolute Gasteiger partial charge is 0.462 e. The Morgan fingerprint density at radius 3 is 2.60 bits per heavy atom. The highest BCUT2D eigenvalue weighted by Gasteiger charge is 2.25. The lowest BCUT2D eigenvalue weighted by Crippen LogP contribution is -2.00. The van der Waals surface area contributed by atoms with Gasteiger partial charge in [-0.1, -0.05) is 0 Å². The second-order valence-electron chi connectivity index (χ2n) is 3.44. The molecule has 1 heterocycles. The predicted molar refractivity (Wildman–Crippen MR) is 57.6 cm³/mol. The van der Waals surface area contributed by atoms with Crippen molar-refractivity contribution in [2.24, 2.45) is 0 Å². The molecule has 0 aliphatic rings. The third-order valence-corrected chi connectivity index (χ3v) is 2.25. The smallest absolute Gasteiger partial charge is 0.396 e. The maximum absolute atomic E-state index is 13.2. The number of hydrogen-bond donors (Lipinski definition) is 0. The van der Waals surface area contributed by atoms with Gasteiger partial charge in [0, 0.05) is 0 Å². The lowest BCUT2D eigenvalue weighted by Gasteiger charge is -1.99. The Balaban J connectivity index is 2.57. The fraction of sp³-hybridized carbons (Fsp3) is 0.100. The van der Waals surface area contributed by atoms with E-state index in [0.717, 1.165) is 7.11 Å². The summed E-state index contributed by atoms with van der Waals surface area (Å²) in [6.07, 6.45) is 0. The number of halogens is 2. The first-order valence-electron chi connectivity index (χ1n) is 4.99. The molecule has 0 saturated heterocycles. The summed E-state index contributed by atoms with van der Waals surface area (Å²) in [5.41, 5.74) is -1.22. The first-order chi connectivity index (χ1) is 9.43. The second-order valence-corrected chi connectivity index (χ2v) is 3.44. The van der Waals surface area contributed by atoms with Crippen LogP contribution in [0.3, 0.4) is 0 Å². The molecular weight excluding hydrogens is 280 g/mol. The summed E-state index contributed by atoms with van der Waals surface area (Å²) in [4.78, 5) is 21.0. The SMILES string of the molecule is COC(=O)c1nnc(-c2cc(F)c(F)cc2[N+](=O)[O-])o1. The molecule has 0 atom stereocenters. The normalized spacial score (nSPS) is 10.3. The van der Waals surface area contributed by atoms with Crippen LogP contribution in [0.5, 0.6) is 0 Å². The zero-order chi connectivity index (χ0) is 14.9. The van der Waals surface area contributed by atoms with Crippen molar-refractivity contribution in [1.29, 1.82) is 0 Å². The number of hydrogen-bond acceptors (Lipinski definition) is 7. The first kappa shape index (κ1) is 13.5. The molecule has 20 heavy (non-hydrogen) atoms. The number of aromatic nitrogens is 2. The van der Waals surface area contributed by atoms with Gasteiger partial charge in [-0.15, -0.1) is 10.2 Å². The quantitative estimate of drug-likeness (QED) is 0.479. The van der Waals surface area contributed by atoms with Gasteiger partial charge in [0.25, 0.3) is 11.6 Å². The molecule has 0 N–H and O–H groups in total. The van der Waals surface area contributed by atoms with Gasteiger partial charge in [-0.05, 0) is 6.07 Å². The number of nitrogens with zero attached hydrogens (tertiary/aromatic N) is 3. The summed E-state index contributed by atoms with van der Waals surface area (Å²) < 4.78 is 35.3. The van der Waals surface area contributed by atoms with E-state index in [-0.39, 0.29) is 0 Å². The fourth-order valence-electron chi connectivity index (χ4n) is 1.36. The molecule has 2 aromatic rings. The van der Waals surface area contributed by atoms with Crippen molar-refractivity contribution >= 4 is 11.7 Å². The van der Waals surface area contributed by atoms with Crippen LogP contribution in [0.2, 0.25) is 0 Å². The molecule has 104 valence electrons. The number of ether oxygens (including phenoxy) is 1. The van der Waals surface area contributed by atoms with E-state index in [1.165, 1.54) is 0 Å². The Labute approximate surface area is 109 Å². The summed E-state index contributed by atoms with van der Waals surface area (Å²) in [6.45, 7) is 0. The fourth-order valence-corrected chi connectivity index (χ4v) is 1.36. The van der Waals surface area contributed by atoms with Gasteiger partial charge in [0.1, 0.15) is 5.56 Å². The monoisotopic (exact) mass is 285 g/mol. The van der Waals surface area contributed by atoms with Crippen LogP contribution in [0.25, 0.3) is 11.5 Å². The van der Waals surface area contributed by atoms with Crippen LogP contribution in [0, 0.1) is 21.7 Å². The Bertz CT molecular complexity index is 700. The van der Waals surface area contributed by atoms with E-state index in [9.17, 15) is 23.7 Å². The third-order valence-electron chi connectivity index (χ3n) is 2.25. The summed E-state index contributed by atoms with van der Waals surface area (Å²) >= 11 is 0. The van der Waals surface area contributed by atoms with Gasteiger partial charge >= 0.3 is 11.9 Å². The molecule has 0 unspecified atom stereocenters. The molecule has 0 amide bonds. The van der Waals surface area contributed by atoms with E-state index >= 15 is 0 Å². The van der Waals surface area contributed by atoms with Gasteiger partial charge in [0.05, 0.1) is 18.1 Å². The van der Waals surface area contributed by atoms with Crippen LogP contribution in [0.15, 0.2) is 16.5 Å². The van der Waals surface area contributed by atoms with E-state index in [2.05, 4.69) is 14.9 Å². The van der Waals surface area contributed by atoms with E-state index in [1.807, 2.05) is 0 Å². The minimum Gasteiger partial charge on any atom is -0.462 e. The third kappa shape index (κ3) is 2.30. The van der Waals surface area contributed by atoms with Crippen molar-refractivity contribution in [1.82, 2.24) is 10.2 Å². The van der Waals surface area contributed by atoms with Crippen molar-refractivity contribution in [3.05, 3.63) is 39.8 Å². The number of methoxy groups -OCH3 is 1. The highest BCUT2D eigenvalue weighted by molar-refractivity contribution is 5.84. The van der Waals surface area contributed by atoms with E-state index < -0.39 is 45.6 Å². The molecule has 0 spiro atoms. The Morgan fingerprint density at radius 1 is 1.35 bits per heavy atom. The van der Waals surface area contributed by atoms with Crippen molar-refractivity contribution in [3.8, 4) is 11.5 Å². The number of esters is 1. The minimum absolute atomic E-state index is 0.382. The van der Waals surface area contributed by atoms with Gasteiger partial charge in [-0.25, -0.2) is 13.6 Å². The summed E-state index contributed by atoms with van der Waals surface area (Å²) in [7, 11) is 1.06. The summed E-state index contributed by atoms with van der Waals surface area (Å²) in [5.74, 6) is -4.76. The number of nitro benzene ring substituents is 1. The first-order valence-corrected chi connectivity index (χ1v) is 4.99. The van der Waals surface area contributed by atoms with E-state index in [4.69, 9.17) is 4.42 Å². The average molecular weight is 285 g/mol. The summed E-state index contributed by atoms with van der Waals surface area (Å²) in [6, 6.07) is 0.911. The molecule has 0 aliphatic carbocycles. The van der Waals surface area contributed by atoms with Crippen molar-refractivity contribution in [2.75, 3.05) is 7.11 Å². The second kappa shape index (κ2) is 4.99. The lowest BCUT2D eigenvalue weighted by atomic mass is 10.1. The molecule has 8 nitrogen and oxygen atoms in total. The number of carbonyl (C=O) groups is 1. The number of benzene rings is 1. The number of carbonyl (C=O) groups excluding carboxylic acids is 1. The molecule has 0 bridgehead atoms. The van der Waals surface area contributed by atoms with Crippen LogP contribution < -0.4 is 0 Å². The molecule has 0 radical (unpaired) electrons. The number of rotatable bonds is 3. The van der Waals surface area contributed by atoms with Crippen LogP contribution in [-0.2, 0) is 4.74 Å². The number of nitro groups is 1. The van der Waals surface area contributed by atoms with Crippen LogP contribution in [-0.4, -0.2) is 28.2 Å². The Kier molecular flexibility index (Phi) is 3.37. The molecule has 0 aliphatic heterocycles. The van der Waals surface area contributed by atoms with Crippen molar-refractivity contribution in [2.45, 2.75) is 0 Å². The highest BCUT2D eigenvalue weighted by Crippen LogP contribution is 2.31. The van der Waals surface area contributed by atoms with Crippen LogP contribution >= 0.6 is 0 Å². The molecule has 1 aromatic heterocycles. The highest BCUT2D eigenvalue weighted by atomic mass is 19.2. The maximum Gasteiger partial charge on any atom is 0.396 e. The average Bonchev–Trinajstić information content (AvgIpc) is 2.89. The lowest BCUT2D eigenvalue weighted by molar-refractivity contribution is -0.384. The van der Waals surface area contributed by atoms with Crippen molar-refractivity contribution < 1.29 is 27.7 Å². The Morgan fingerprint density at radius 2 is 2.00 bits per heavy atom. The molecule has 0 saturated carbocycles. The zero-order valence-corrected chi connectivity index (χ0v) is 9.79. The Hall–Kier alpha value is -2.91. The molecular formula is C10H5F2N3O5. The minimum atomic E-state index is -1.40. The van der Waals surface area contributed by atoms with E-state index in [1.54, 1.807) is 0 Å². The van der Waals surface area contributed by atoms with Gasteiger partial charge in [0.15, 0.2) is 11.6 Å². The van der Waals surface area contributed by atoms with Crippen molar-refractivity contribution in [3.63, 3.8) is 0 Å². The topological polar surface area (TPSA) is 108 Å². The maximum atomic E-state index is 13.2. The standard InChI is InChI=1S/C10H5F2N3O5/c1-19-10(16)9-14-13-8(20-9)4-2-5(11)6(12)3-7(4)15(17)18/h2-3H,1H3. The van der Waals surface area contributed by atoms with Crippen LogP contribution in [0.1, 0.15) is 10.7 Å². The van der Waals surface area contributed by atoms with Gasteiger partial charge in [-0.2, -0.15) is 0 Å².